The van der Waals surface area contributed by atoms with Crippen molar-refractivity contribution in [3.63, 3.8) is 0 Å². The average molecular weight is 354 g/mol. The van der Waals surface area contributed by atoms with Gasteiger partial charge in [-0.3, -0.25) is 4.79 Å². The first-order valence-electron chi connectivity index (χ1n) is 9.74. The molecule has 2 aromatic rings. The molecule has 0 radical (unpaired) electrons. The number of aryl methyl sites for hydroxylation is 2. The van der Waals surface area contributed by atoms with Gasteiger partial charge in [-0.25, -0.2) is 0 Å². The van der Waals surface area contributed by atoms with Gasteiger partial charge >= 0.3 is 0 Å². The van der Waals surface area contributed by atoms with Gasteiger partial charge in [-0.05, 0) is 25.0 Å². The third-order valence-corrected chi connectivity index (χ3v) is 5.28. The zero-order valence-electron chi connectivity index (χ0n) is 16.0. The van der Waals surface area contributed by atoms with Gasteiger partial charge in [-0.2, -0.15) is 0 Å². The Kier molecular flexibility index (Phi) is 6.42. The van der Waals surface area contributed by atoms with Gasteiger partial charge < -0.3 is 15.1 Å². The Bertz CT molecular complexity index is 736. The summed E-state index contributed by atoms with van der Waals surface area (Å²) in [6.07, 6.45) is 0.935. The van der Waals surface area contributed by atoms with Gasteiger partial charge in [0.2, 0.25) is 0 Å². The van der Waals surface area contributed by atoms with Crippen molar-refractivity contribution in [2.75, 3.05) is 38.0 Å². The summed E-state index contributed by atoms with van der Waals surface area (Å²) in [5.74, 6) is 0.128. The molecule has 0 atom stereocenters. The van der Waals surface area contributed by atoms with Crippen molar-refractivity contribution in [1.82, 2.24) is 0 Å². The van der Waals surface area contributed by atoms with Gasteiger partial charge in [-0.1, -0.05) is 55.0 Å². The Balaban J connectivity index is 1.45. The number of anilines is 1. The van der Waals surface area contributed by atoms with Crippen LogP contribution in [0.2, 0.25) is 0 Å². The zero-order valence-corrected chi connectivity index (χ0v) is 16.0. The summed E-state index contributed by atoms with van der Waals surface area (Å²) in [6, 6.07) is 16.9. The summed E-state index contributed by atoms with van der Waals surface area (Å²) in [5, 5.41) is 3.10. The molecular formula is C22H31N3O+2. The molecule has 0 unspecified atom stereocenters. The van der Waals surface area contributed by atoms with Crippen LogP contribution in [0.4, 0.5) is 5.69 Å². The number of hydrogen-bond donors (Lipinski definition) is 3. The quantitative estimate of drug-likeness (QED) is 0.694. The predicted octanol–water partition coefficient (Wildman–Crippen LogP) is 0.480. The Hall–Kier alpha value is -2.17. The van der Waals surface area contributed by atoms with E-state index in [0.717, 1.165) is 44.8 Å². The van der Waals surface area contributed by atoms with E-state index in [1.54, 1.807) is 4.90 Å². The number of carbonyl (C=O) groups is 1. The van der Waals surface area contributed by atoms with Crippen LogP contribution in [0.5, 0.6) is 0 Å². The van der Waals surface area contributed by atoms with Crippen LogP contribution in [-0.2, 0) is 17.8 Å². The standard InChI is InChI=1S/C22H29N3O/c1-3-20-9-4-5-10-21(20)23-22(26)17-25-13-11-24(12-14-25)16-19-8-6-7-18(2)15-19/h4-10,15H,3,11-14,16-17H2,1-2H3,(H,23,26)/p+2. The van der Waals surface area contributed by atoms with Crippen LogP contribution in [0.15, 0.2) is 48.5 Å². The molecule has 0 aliphatic carbocycles. The van der Waals surface area contributed by atoms with Gasteiger partial charge in [-0.15, -0.1) is 0 Å². The highest BCUT2D eigenvalue weighted by molar-refractivity contribution is 5.92. The van der Waals surface area contributed by atoms with Crippen molar-refractivity contribution < 1.29 is 14.6 Å². The predicted molar refractivity (Wildman–Crippen MR) is 106 cm³/mol. The number of quaternary nitrogens is 2. The maximum Gasteiger partial charge on any atom is 0.279 e. The summed E-state index contributed by atoms with van der Waals surface area (Å²) in [5.41, 5.74) is 4.90. The second kappa shape index (κ2) is 8.97. The second-order valence-electron chi connectivity index (χ2n) is 7.40. The van der Waals surface area contributed by atoms with E-state index in [9.17, 15) is 4.79 Å². The number of nitrogens with one attached hydrogen (secondary N) is 3. The third-order valence-electron chi connectivity index (χ3n) is 5.28. The minimum atomic E-state index is 0.128. The Labute approximate surface area is 156 Å². The minimum absolute atomic E-state index is 0.128. The number of benzene rings is 2. The number of hydrogen-bond acceptors (Lipinski definition) is 1. The van der Waals surface area contributed by atoms with E-state index in [0.29, 0.717) is 6.54 Å². The van der Waals surface area contributed by atoms with E-state index in [4.69, 9.17) is 0 Å². The number of rotatable bonds is 6. The smallest absolute Gasteiger partial charge is 0.279 e. The molecule has 26 heavy (non-hydrogen) atoms. The Morgan fingerprint density at radius 2 is 1.73 bits per heavy atom. The van der Waals surface area contributed by atoms with Gasteiger partial charge in [0.05, 0.1) is 0 Å². The summed E-state index contributed by atoms with van der Waals surface area (Å²) in [6.45, 7) is 10.3. The van der Waals surface area contributed by atoms with Crippen LogP contribution in [-0.4, -0.2) is 38.6 Å². The maximum atomic E-state index is 12.4. The largest absolute Gasteiger partial charge is 0.322 e. The summed E-state index contributed by atoms with van der Waals surface area (Å²) >= 11 is 0. The van der Waals surface area contributed by atoms with Gasteiger partial charge in [0.15, 0.2) is 6.54 Å². The van der Waals surface area contributed by atoms with E-state index in [2.05, 4.69) is 49.5 Å². The third kappa shape index (κ3) is 5.16. The average Bonchev–Trinajstić information content (AvgIpc) is 2.64. The lowest BCUT2D eigenvalue weighted by Crippen LogP contribution is -3.28. The molecule has 3 N–H and O–H groups in total. The first-order chi connectivity index (χ1) is 12.6. The maximum absolute atomic E-state index is 12.4. The molecule has 138 valence electrons. The van der Waals surface area contributed by atoms with Crippen molar-refractivity contribution in [2.24, 2.45) is 0 Å². The molecule has 1 aliphatic heterocycles. The van der Waals surface area contributed by atoms with Crippen molar-refractivity contribution in [1.29, 1.82) is 0 Å². The number of piperazine rings is 1. The molecule has 2 aromatic carbocycles. The van der Waals surface area contributed by atoms with Crippen LogP contribution in [0, 0.1) is 6.92 Å². The van der Waals surface area contributed by atoms with Gasteiger partial charge in [0.1, 0.15) is 32.7 Å². The lowest BCUT2D eigenvalue weighted by Gasteiger charge is -2.29. The first-order valence-corrected chi connectivity index (χ1v) is 9.74. The zero-order chi connectivity index (χ0) is 18.4. The molecule has 0 spiro atoms. The fraction of sp³-hybridized carbons (Fsp3) is 0.409. The van der Waals surface area contributed by atoms with E-state index >= 15 is 0 Å². The Morgan fingerprint density at radius 1 is 1.00 bits per heavy atom. The lowest BCUT2D eigenvalue weighted by atomic mass is 10.1. The number of amides is 1. The van der Waals surface area contributed by atoms with E-state index in [1.807, 2.05) is 18.2 Å². The molecule has 3 rings (SSSR count). The van der Waals surface area contributed by atoms with Crippen LogP contribution >= 0.6 is 0 Å². The van der Waals surface area contributed by atoms with Gasteiger partial charge in [0.25, 0.3) is 5.91 Å². The highest BCUT2D eigenvalue weighted by Gasteiger charge is 2.25. The van der Waals surface area contributed by atoms with E-state index in [-0.39, 0.29) is 5.91 Å². The molecule has 4 heteroatoms. The SMILES string of the molecule is CCc1ccccc1NC(=O)C[NH+]1CC[NH+](Cc2cccc(C)c2)CC1. The molecule has 0 aromatic heterocycles. The van der Waals surface area contributed by atoms with Crippen molar-refractivity contribution in [2.45, 2.75) is 26.8 Å². The minimum Gasteiger partial charge on any atom is -0.322 e. The summed E-state index contributed by atoms with van der Waals surface area (Å²) in [4.78, 5) is 15.4. The van der Waals surface area contributed by atoms with Crippen LogP contribution in [0.25, 0.3) is 0 Å². The summed E-state index contributed by atoms with van der Waals surface area (Å²) < 4.78 is 0. The van der Waals surface area contributed by atoms with Gasteiger partial charge in [0, 0.05) is 11.3 Å². The van der Waals surface area contributed by atoms with E-state index in [1.165, 1.54) is 21.6 Å². The molecule has 1 aliphatic rings. The van der Waals surface area contributed by atoms with Crippen molar-refractivity contribution in [3.05, 3.63) is 65.2 Å². The highest BCUT2D eigenvalue weighted by Crippen LogP contribution is 2.14. The monoisotopic (exact) mass is 353 g/mol. The van der Waals surface area contributed by atoms with Crippen LogP contribution in [0.3, 0.4) is 0 Å². The molecule has 4 nitrogen and oxygen atoms in total. The molecule has 0 bridgehead atoms. The molecular weight excluding hydrogens is 322 g/mol. The lowest BCUT2D eigenvalue weighted by molar-refractivity contribution is -1.02. The highest BCUT2D eigenvalue weighted by atomic mass is 16.2. The van der Waals surface area contributed by atoms with Crippen molar-refractivity contribution in [3.8, 4) is 0 Å². The molecule has 1 heterocycles. The number of carbonyl (C=O) groups excluding carboxylic acids is 1. The first kappa shape index (κ1) is 18.6. The fourth-order valence-electron chi connectivity index (χ4n) is 3.79. The molecule has 0 saturated carbocycles. The Morgan fingerprint density at radius 3 is 2.46 bits per heavy atom. The molecule has 1 amide bonds. The van der Waals surface area contributed by atoms with E-state index < -0.39 is 0 Å². The number of para-hydroxylation sites is 1. The van der Waals surface area contributed by atoms with Crippen LogP contribution in [0.1, 0.15) is 23.6 Å². The fourth-order valence-corrected chi connectivity index (χ4v) is 3.79. The molecule has 1 fully saturated rings. The topological polar surface area (TPSA) is 38.0 Å². The summed E-state index contributed by atoms with van der Waals surface area (Å²) in [7, 11) is 0. The second-order valence-corrected chi connectivity index (χ2v) is 7.40. The van der Waals surface area contributed by atoms with Crippen molar-refractivity contribution >= 4 is 11.6 Å². The molecule has 1 saturated heterocycles. The van der Waals surface area contributed by atoms with Crippen LogP contribution < -0.4 is 15.1 Å². The normalized spacial score (nSPS) is 19.9.